The van der Waals surface area contributed by atoms with Gasteiger partial charge in [-0.3, -0.25) is 0 Å². The number of thiazole rings is 1. The molecule has 1 aliphatic rings. The topological polar surface area (TPSA) is 122 Å². The van der Waals surface area contributed by atoms with Gasteiger partial charge in [-0.1, -0.05) is 65.1 Å². The van der Waals surface area contributed by atoms with Gasteiger partial charge in [-0.05, 0) is 38.0 Å². The number of rotatable bonds is 12. The van der Waals surface area contributed by atoms with Crippen LogP contribution in [-0.2, 0) is 26.8 Å². The number of anilines is 1. The monoisotopic (exact) mass is 632 g/mol. The fraction of sp³-hybridized carbons (Fsp3) is 0.346. The van der Waals surface area contributed by atoms with Crippen molar-refractivity contribution in [2.75, 3.05) is 23.0 Å². The van der Waals surface area contributed by atoms with E-state index in [-0.39, 0.29) is 75.4 Å². The summed E-state index contributed by atoms with van der Waals surface area (Å²) < 4.78 is 69.6. The summed E-state index contributed by atoms with van der Waals surface area (Å²) in [6.45, 7) is 2.93. The van der Waals surface area contributed by atoms with Gasteiger partial charge in [0.25, 0.3) is 5.01 Å². The Kier molecular flexibility index (Phi) is 12.3. The Morgan fingerprint density at radius 3 is 2.41 bits per heavy atom. The average Bonchev–Trinajstić information content (AvgIpc) is 3.38. The van der Waals surface area contributed by atoms with E-state index in [2.05, 4.69) is 11.0 Å². The molecule has 0 radical (unpaired) electrons. The fourth-order valence-electron chi connectivity index (χ4n) is 4.38. The molecule has 0 spiro atoms. The molecule has 0 saturated heterocycles. The van der Waals surface area contributed by atoms with Crippen LogP contribution in [0.5, 0.6) is 0 Å². The van der Waals surface area contributed by atoms with Crippen molar-refractivity contribution in [1.82, 2.24) is 0 Å². The zero-order chi connectivity index (χ0) is 27.3. The zero-order valence-corrected chi connectivity index (χ0v) is 28.2. The maximum Gasteiger partial charge on any atom is 1.00 e. The Labute approximate surface area is 281 Å². The molecule has 1 atom stereocenters. The zero-order valence-electron chi connectivity index (χ0n) is 21.9. The van der Waals surface area contributed by atoms with E-state index in [1.165, 1.54) is 0 Å². The van der Waals surface area contributed by atoms with Gasteiger partial charge in [-0.25, -0.2) is 16.8 Å². The van der Waals surface area contributed by atoms with E-state index in [9.17, 15) is 25.9 Å². The Hall–Kier alpha value is -0.584. The van der Waals surface area contributed by atoms with E-state index in [4.69, 9.17) is 0 Å². The van der Waals surface area contributed by atoms with Gasteiger partial charge >= 0.3 is 51.4 Å². The second kappa shape index (κ2) is 14.5. The molecule has 0 bridgehead atoms. The van der Waals surface area contributed by atoms with Crippen molar-refractivity contribution in [3.8, 4) is 0 Å². The maximum atomic E-state index is 11.1. The van der Waals surface area contributed by atoms with Crippen LogP contribution < -0.4 is 60.9 Å². The third-order valence-corrected chi connectivity index (χ3v) is 10.1. The first-order chi connectivity index (χ1) is 18.0. The SMILES string of the molecule is CC(C=Cc1sc2ccccc2[n+]1CCCS(=O)(=O)[O-])=CCC1Sc2ccccc2N1CCCS(=O)(=O)[O-].[K+]. The number of hydrogen-bond donors (Lipinski definition) is 0. The van der Waals surface area contributed by atoms with Crippen LogP contribution >= 0.6 is 23.1 Å². The van der Waals surface area contributed by atoms with E-state index < -0.39 is 26.0 Å². The summed E-state index contributed by atoms with van der Waals surface area (Å²) in [6.07, 6.45) is 7.42. The van der Waals surface area contributed by atoms with Crippen LogP contribution in [0.3, 0.4) is 0 Å². The number of aromatic nitrogens is 1. The van der Waals surface area contributed by atoms with Crippen molar-refractivity contribution in [3.63, 3.8) is 0 Å². The molecule has 1 unspecified atom stereocenters. The Morgan fingerprint density at radius 2 is 1.67 bits per heavy atom. The number of hydrogen-bond acceptors (Lipinski definition) is 9. The summed E-state index contributed by atoms with van der Waals surface area (Å²) >= 11 is 3.33. The smallest absolute Gasteiger partial charge is 0.748 e. The molecule has 204 valence electrons. The van der Waals surface area contributed by atoms with Crippen LogP contribution in [0, 0.1) is 0 Å². The second-order valence-electron chi connectivity index (χ2n) is 9.04. The van der Waals surface area contributed by atoms with Crippen molar-refractivity contribution >= 4 is 65.3 Å². The Bertz CT molecular complexity index is 1570. The number of benzene rings is 2. The first kappa shape index (κ1) is 32.9. The van der Waals surface area contributed by atoms with E-state index >= 15 is 0 Å². The van der Waals surface area contributed by atoms with E-state index in [1.807, 2.05) is 72.2 Å². The molecule has 0 fully saturated rings. The van der Waals surface area contributed by atoms with Crippen molar-refractivity contribution in [2.45, 2.75) is 43.0 Å². The number of thioether (sulfide) groups is 1. The molecule has 0 N–H and O–H groups in total. The normalized spacial score (nSPS) is 16.1. The quantitative estimate of drug-likeness (QED) is 0.127. The molecule has 1 aliphatic heterocycles. The summed E-state index contributed by atoms with van der Waals surface area (Å²) in [6, 6.07) is 15.9. The molecule has 2 heterocycles. The molecule has 2 aromatic carbocycles. The van der Waals surface area contributed by atoms with Gasteiger partial charge in [-0.2, -0.15) is 4.57 Å². The molecule has 1 aromatic heterocycles. The van der Waals surface area contributed by atoms with Gasteiger partial charge in [0, 0.05) is 41.5 Å². The average molecular weight is 633 g/mol. The fourth-order valence-corrected chi connectivity index (χ4v) is 7.73. The summed E-state index contributed by atoms with van der Waals surface area (Å²) in [5.41, 5.74) is 3.10. The van der Waals surface area contributed by atoms with E-state index in [0.717, 1.165) is 37.8 Å². The van der Waals surface area contributed by atoms with Crippen LogP contribution in [0.4, 0.5) is 5.69 Å². The largest absolute Gasteiger partial charge is 1.00 e. The molecule has 0 amide bonds. The Morgan fingerprint density at radius 1 is 1.00 bits per heavy atom. The number of nitrogens with zero attached hydrogens (tertiary/aromatic N) is 2. The van der Waals surface area contributed by atoms with Gasteiger partial charge in [0.05, 0.1) is 31.3 Å². The number of allylic oxidation sites excluding steroid dienone is 2. The second-order valence-corrected chi connectivity index (χ2v) is 14.4. The molecular formula is C26H29KN2O6S4. The third kappa shape index (κ3) is 9.74. The summed E-state index contributed by atoms with van der Waals surface area (Å²) in [4.78, 5) is 3.30. The van der Waals surface area contributed by atoms with Crippen LogP contribution in [0.25, 0.3) is 16.3 Å². The molecular weight excluding hydrogens is 604 g/mol. The number of fused-ring (bicyclic) bond motifs is 2. The van der Waals surface area contributed by atoms with Crippen LogP contribution in [0.1, 0.15) is 31.2 Å². The minimum Gasteiger partial charge on any atom is -0.748 e. The van der Waals surface area contributed by atoms with Gasteiger partial charge in [0.2, 0.25) is 5.52 Å². The first-order valence-electron chi connectivity index (χ1n) is 12.2. The first-order valence-corrected chi connectivity index (χ1v) is 17.0. The summed E-state index contributed by atoms with van der Waals surface area (Å²) in [7, 11) is -8.51. The third-order valence-electron chi connectivity index (χ3n) is 6.12. The van der Waals surface area contributed by atoms with Crippen molar-refractivity contribution < 1.29 is 81.9 Å². The molecule has 39 heavy (non-hydrogen) atoms. The van der Waals surface area contributed by atoms with Crippen molar-refractivity contribution in [2.24, 2.45) is 0 Å². The summed E-state index contributed by atoms with van der Waals surface area (Å²) in [5, 5.41) is 1.05. The van der Waals surface area contributed by atoms with Gasteiger partial charge in [0.15, 0.2) is 6.54 Å². The van der Waals surface area contributed by atoms with E-state index in [0.29, 0.717) is 13.1 Å². The number of aryl methyl sites for hydroxylation is 1. The van der Waals surface area contributed by atoms with Crippen LogP contribution in [0.2, 0.25) is 0 Å². The van der Waals surface area contributed by atoms with Crippen LogP contribution in [0.15, 0.2) is 71.2 Å². The van der Waals surface area contributed by atoms with Gasteiger partial charge in [0.1, 0.15) is 4.70 Å². The molecule has 0 aliphatic carbocycles. The van der Waals surface area contributed by atoms with E-state index in [1.54, 1.807) is 23.1 Å². The minimum absolute atomic E-state index is 0. The predicted molar refractivity (Wildman–Crippen MR) is 151 cm³/mol. The van der Waals surface area contributed by atoms with Gasteiger partial charge < -0.3 is 14.0 Å². The molecule has 8 nitrogen and oxygen atoms in total. The predicted octanol–water partition coefficient (Wildman–Crippen LogP) is 1.35. The molecule has 3 aromatic rings. The molecule has 0 saturated carbocycles. The summed E-state index contributed by atoms with van der Waals surface area (Å²) in [5.74, 6) is -0.776. The maximum absolute atomic E-state index is 11.1. The van der Waals surface area contributed by atoms with Crippen LogP contribution in [-0.4, -0.2) is 49.4 Å². The standard InChI is InChI=1S/C26H30N2O6S4.K/c1-20(12-14-25-27(16-6-18-37(29,30)31)21-8-2-4-10-23(21)35-25)13-15-26-28(17-7-19-38(32,33)34)22-9-3-5-11-24(22)36-26;/h2-5,8-14,26H,6-7,15-19H2,1H3,(H-,29,30,31,32,33,34);/q;+1/p-1. The Balaban J connectivity index is 0.00000420. The molecule has 13 heteroatoms. The van der Waals surface area contributed by atoms with Crippen molar-refractivity contribution in [1.29, 1.82) is 0 Å². The van der Waals surface area contributed by atoms with Gasteiger partial charge in [-0.15, -0.1) is 0 Å². The molecule has 4 rings (SSSR count). The minimum atomic E-state index is -4.26. The van der Waals surface area contributed by atoms with Crippen molar-refractivity contribution in [3.05, 3.63) is 71.3 Å². The number of para-hydroxylation sites is 2.